The number of amides is 1. The predicted octanol–water partition coefficient (Wildman–Crippen LogP) is 2.21. The van der Waals surface area contributed by atoms with Crippen LogP contribution < -0.4 is 5.32 Å². The van der Waals surface area contributed by atoms with Crippen LogP contribution in [0.5, 0.6) is 0 Å². The lowest BCUT2D eigenvalue weighted by atomic mass is 10.0. The second-order valence-corrected chi connectivity index (χ2v) is 7.80. The molecule has 0 aliphatic carbocycles. The Morgan fingerprint density at radius 3 is 2.81 bits per heavy atom. The van der Waals surface area contributed by atoms with Crippen molar-refractivity contribution in [1.29, 1.82) is 0 Å². The summed E-state index contributed by atoms with van der Waals surface area (Å²) in [7, 11) is 1.80. The zero-order chi connectivity index (χ0) is 22.2. The van der Waals surface area contributed by atoms with Gasteiger partial charge in [0.1, 0.15) is 5.69 Å². The van der Waals surface area contributed by atoms with E-state index in [1.807, 2.05) is 18.5 Å². The van der Waals surface area contributed by atoms with E-state index in [-0.39, 0.29) is 5.91 Å². The zero-order valence-corrected chi connectivity index (χ0v) is 18.8. The molecule has 0 aromatic carbocycles. The van der Waals surface area contributed by atoms with Gasteiger partial charge in [0.2, 0.25) is 0 Å². The Balaban J connectivity index is 1.58. The second-order valence-electron chi connectivity index (χ2n) is 7.80. The highest BCUT2D eigenvalue weighted by molar-refractivity contribution is 5.94. The molecule has 170 valence electrons. The van der Waals surface area contributed by atoms with Crippen molar-refractivity contribution in [1.82, 2.24) is 24.9 Å². The van der Waals surface area contributed by atoms with Crippen LogP contribution in [0.1, 0.15) is 70.5 Å². The quantitative estimate of drug-likeness (QED) is 0.533. The van der Waals surface area contributed by atoms with Gasteiger partial charge >= 0.3 is 5.97 Å². The van der Waals surface area contributed by atoms with Crippen molar-refractivity contribution < 1.29 is 19.1 Å². The Bertz CT molecular complexity index is 883. The normalized spacial score (nSPS) is 15.1. The van der Waals surface area contributed by atoms with E-state index in [9.17, 15) is 9.59 Å². The fraction of sp³-hybridized carbons (Fsp3) is 0.636. The minimum atomic E-state index is -0.399. The lowest BCUT2D eigenvalue weighted by Gasteiger charge is -2.08. The molecular formula is C22H33N5O4. The number of hydrogen-bond donors (Lipinski definition) is 1. The molecule has 0 bridgehead atoms. The van der Waals surface area contributed by atoms with E-state index >= 15 is 0 Å². The van der Waals surface area contributed by atoms with Crippen molar-refractivity contribution in [3.63, 3.8) is 0 Å². The topological polar surface area (TPSA) is 100 Å². The van der Waals surface area contributed by atoms with Crippen LogP contribution >= 0.6 is 0 Å². The van der Waals surface area contributed by atoms with Crippen LogP contribution in [0.2, 0.25) is 0 Å². The molecule has 31 heavy (non-hydrogen) atoms. The fourth-order valence-electron chi connectivity index (χ4n) is 3.70. The molecule has 2 aromatic heterocycles. The third kappa shape index (κ3) is 5.94. The van der Waals surface area contributed by atoms with Gasteiger partial charge in [-0.1, -0.05) is 0 Å². The van der Waals surface area contributed by atoms with Crippen LogP contribution in [0.15, 0.2) is 6.07 Å². The van der Waals surface area contributed by atoms with Gasteiger partial charge in [-0.15, -0.1) is 0 Å². The first kappa shape index (κ1) is 23.0. The van der Waals surface area contributed by atoms with Crippen molar-refractivity contribution in [2.45, 2.75) is 58.9 Å². The molecule has 0 radical (unpaired) electrons. The van der Waals surface area contributed by atoms with Crippen molar-refractivity contribution in [3.8, 4) is 0 Å². The first-order chi connectivity index (χ1) is 15.0. The standard InChI is InChI=1S/C22H33N5O4/c1-4-27-20-17(9-7-12-30-13-8-11-23-21(20)28)18(25-27)10-5-6-14-31-22(29)19-15-16(2)26(3)24-19/h15H,4-14H2,1-3H3,(H,23,28). The van der Waals surface area contributed by atoms with Crippen LogP contribution in [0.3, 0.4) is 0 Å². The Hall–Kier alpha value is -2.68. The van der Waals surface area contributed by atoms with Gasteiger partial charge in [0.05, 0.1) is 12.3 Å². The lowest BCUT2D eigenvalue weighted by Crippen LogP contribution is -2.28. The van der Waals surface area contributed by atoms with Gasteiger partial charge < -0.3 is 14.8 Å². The second kappa shape index (κ2) is 11.1. The number of carbonyl (C=O) groups excluding carboxylic acids is 2. The summed E-state index contributed by atoms with van der Waals surface area (Å²) in [5.74, 6) is -0.457. The Kier molecular flexibility index (Phi) is 8.22. The molecule has 0 spiro atoms. The Morgan fingerprint density at radius 1 is 1.26 bits per heavy atom. The third-order valence-corrected chi connectivity index (χ3v) is 5.48. The molecule has 1 aliphatic heterocycles. The first-order valence-corrected chi connectivity index (χ1v) is 11.1. The van der Waals surface area contributed by atoms with E-state index in [0.29, 0.717) is 44.3 Å². The number of carbonyl (C=O) groups is 2. The minimum Gasteiger partial charge on any atom is -0.461 e. The number of esters is 1. The molecule has 0 saturated heterocycles. The third-order valence-electron chi connectivity index (χ3n) is 5.48. The summed E-state index contributed by atoms with van der Waals surface area (Å²) in [4.78, 5) is 24.9. The van der Waals surface area contributed by atoms with E-state index in [1.165, 1.54) is 0 Å². The van der Waals surface area contributed by atoms with Gasteiger partial charge in [0, 0.05) is 44.6 Å². The van der Waals surface area contributed by atoms with Gasteiger partial charge in [-0.3, -0.25) is 14.2 Å². The number of unbranched alkanes of at least 4 members (excludes halogenated alkanes) is 1. The number of aromatic nitrogens is 4. The van der Waals surface area contributed by atoms with Crippen molar-refractivity contribution in [2.75, 3.05) is 26.4 Å². The monoisotopic (exact) mass is 431 g/mol. The number of aryl methyl sites for hydroxylation is 4. The maximum absolute atomic E-state index is 12.8. The van der Waals surface area contributed by atoms with E-state index in [0.717, 1.165) is 55.5 Å². The molecule has 1 amide bonds. The van der Waals surface area contributed by atoms with E-state index in [2.05, 4.69) is 10.4 Å². The number of nitrogens with zero attached hydrogens (tertiary/aromatic N) is 4. The summed E-state index contributed by atoms with van der Waals surface area (Å²) in [5, 5.41) is 11.8. The maximum atomic E-state index is 12.8. The lowest BCUT2D eigenvalue weighted by molar-refractivity contribution is 0.0490. The fourth-order valence-corrected chi connectivity index (χ4v) is 3.70. The molecule has 2 aromatic rings. The molecule has 1 aliphatic rings. The molecule has 0 saturated carbocycles. The molecule has 0 unspecified atom stereocenters. The van der Waals surface area contributed by atoms with Crippen LogP contribution in [0.25, 0.3) is 0 Å². The number of nitrogens with one attached hydrogen (secondary N) is 1. The van der Waals surface area contributed by atoms with E-state index in [4.69, 9.17) is 14.6 Å². The molecule has 3 heterocycles. The van der Waals surface area contributed by atoms with Gasteiger partial charge in [0.15, 0.2) is 5.69 Å². The van der Waals surface area contributed by atoms with Gasteiger partial charge in [-0.05, 0) is 58.4 Å². The van der Waals surface area contributed by atoms with Crippen molar-refractivity contribution in [3.05, 3.63) is 34.4 Å². The molecular weight excluding hydrogens is 398 g/mol. The molecule has 9 nitrogen and oxygen atoms in total. The summed E-state index contributed by atoms with van der Waals surface area (Å²) in [6.07, 6.45) is 4.73. The molecule has 1 N–H and O–H groups in total. The van der Waals surface area contributed by atoms with E-state index < -0.39 is 5.97 Å². The molecule has 9 heteroatoms. The summed E-state index contributed by atoms with van der Waals surface area (Å²) in [6, 6.07) is 1.72. The van der Waals surface area contributed by atoms with Crippen LogP contribution in [-0.4, -0.2) is 57.8 Å². The highest BCUT2D eigenvalue weighted by atomic mass is 16.5. The highest BCUT2D eigenvalue weighted by Crippen LogP contribution is 2.20. The summed E-state index contributed by atoms with van der Waals surface area (Å²) in [5.41, 5.74) is 3.89. The maximum Gasteiger partial charge on any atom is 0.358 e. The van der Waals surface area contributed by atoms with Crippen molar-refractivity contribution >= 4 is 11.9 Å². The number of fused-ring (bicyclic) bond motifs is 1. The number of ether oxygens (including phenoxy) is 2. The highest BCUT2D eigenvalue weighted by Gasteiger charge is 2.22. The minimum absolute atomic E-state index is 0.0583. The average molecular weight is 432 g/mol. The number of hydrogen-bond acceptors (Lipinski definition) is 6. The molecule has 3 rings (SSSR count). The van der Waals surface area contributed by atoms with Gasteiger partial charge in [-0.25, -0.2) is 4.79 Å². The van der Waals surface area contributed by atoms with Crippen LogP contribution in [-0.2, 0) is 35.9 Å². The first-order valence-electron chi connectivity index (χ1n) is 11.1. The summed E-state index contributed by atoms with van der Waals surface area (Å²) < 4.78 is 14.4. The number of rotatable bonds is 7. The van der Waals surface area contributed by atoms with Crippen molar-refractivity contribution in [2.24, 2.45) is 7.05 Å². The van der Waals surface area contributed by atoms with Crippen LogP contribution in [0, 0.1) is 6.92 Å². The zero-order valence-electron chi connectivity index (χ0n) is 18.8. The van der Waals surface area contributed by atoms with Gasteiger partial charge in [-0.2, -0.15) is 10.2 Å². The Morgan fingerprint density at radius 2 is 2.06 bits per heavy atom. The predicted molar refractivity (Wildman–Crippen MR) is 115 cm³/mol. The van der Waals surface area contributed by atoms with Gasteiger partial charge in [0.25, 0.3) is 5.91 Å². The SMILES string of the molecule is CCn1nc(CCCCOC(=O)c2cc(C)n(C)n2)c2c1C(=O)NCCCOCCC2. The largest absolute Gasteiger partial charge is 0.461 e. The Labute approximate surface area is 183 Å². The molecule has 0 atom stereocenters. The van der Waals surface area contributed by atoms with Crippen LogP contribution in [0.4, 0.5) is 0 Å². The smallest absolute Gasteiger partial charge is 0.358 e. The summed E-state index contributed by atoms with van der Waals surface area (Å²) >= 11 is 0. The van der Waals surface area contributed by atoms with E-state index in [1.54, 1.807) is 17.8 Å². The summed E-state index contributed by atoms with van der Waals surface area (Å²) in [6.45, 7) is 6.82. The molecule has 0 fully saturated rings. The average Bonchev–Trinajstić information content (AvgIpc) is 3.27.